The number of aromatic nitrogens is 3. The summed E-state index contributed by atoms with van der Waals surface area (Å²) in [5.74, 6) is 1.86. The largest absolute Gasteiger partial charge is 0.327 e. The van der Waals surface area contributed by atoms with Crippen molar-refractivity contribution in [3.63, 3.8) is 0 Å². The van der Waals surface area contributed by atoms with Crippen LogP contribution in [0.4, 0.5) is 17.2 Å². The van der Waals surface area contributed by atoms with E-state index in [1.165, 1.54) is 67.9 Å². The lowest BCUT2D eigenvalue weighted by Crippen LogP contribution is -2.75. The summed E-state index contributed by atoms with van der Waals surface area (Å²) < 4.78 is 4.85. The third-order valence-corrected chi connectivity index (χ3v) is 25.6. The van der Waals surface area contributed by atoms with Gasteiger partial charge in [-0.3, -0.25) is 4.90 Å². The minimum atomic E-state index is -3.07. The number of hydrogen-bond donors (Lipinski definition) is 0. The van der Waals surface area contributed by atoms with Gasteiger partial charge in [-0.1, -0.05) is 164 Å². The van der Waals surface area contributed by atoms with Crippen LogP contribution < -0.4 is 41.2 Å². The Morgan fingerprint density at radius 2 is 1.22 bits per heavy atom. The van der Waals surface area contributed by atoms with E-state index >= 15 is 0 Å². The maximum absolute atomic E-state index is 5.20. The van der Waals surface area contributed by atoms with Crippen molar-refractivity contribution in [1.82, 2.24) is 14.5 Å². The number of nitrogens with zero attached hydrogens (tertiary/aromatic N) is 4. The fourth-order valence-electron chi connectivity index (χ4n) is 10.3. The lowest BCUT2D eigenvalue weighted by molar-refractivity contribution is 0.959. The van der Waals surface area contributed by atoms with Gasteiger partial charge in [0.25, 0.3) is 0 Å². The zero-order valence-electron chi connectivity index (χ0n) is 34.6. The Balaban J connectivity index is 1.19. The van der Waals surface area contributed by atoms with Gasteiger partial charge in [0.1, 0.15) is 11.6 Å². The van der Waals surface area contributed by atoms with Crippen molar-refractivity contribution in [2.45, 2.75) is 0 Å². The van der Waals surface area contributed by atoms with Gasteiger partial charge in [-0.25, -0.2) is 9.97 Å². The molecule has 0 amide bonds. The number of imidazole rings is 1. The van der Waals surface area contributed by atoms with Crippen molar-refractivity contribution in [3.05, 3.63) is 219 Å². The standard InChI is InChI=1S/C55H41N4PSSi2/c1-58-46-28-13-12-27-45(46)57-55(58)38-18-17-25-42(36-38)62(39-19-5-2-6-20-39,40-21-7-3-8-22-40)43-31-34-51-48(37-43)59(52-30-15-16-35-56-52)47-32-33-50-53(44-26-11-14-29-49(44)61-50)54(47)63(51,60)41-23-9-4-10-24-41/h2-37H,60H2,1H3. The summed E-state index contributed by atoms with van der Waals surface area (Å²) in [4.78, 5) is 12.8. The predicted octanol–water partition coefficient (Wildman–Crippen LogP) is 9.01. The molecule has 8 heteroatoms. The van der Waals surface area contributed by atoms with Gasteiger partial charge in [0, 0.05) is 50.4 Å². The Kier molecular flexibility index (Phi) is 9.02. The van der Waals surface area contributed by atoms with Gasteiger partial charge >= 0.3 is 0 Å². The molecule has 4 heterocycles. The molecule has 0 aliphatic carbocycles. The molecule has 2 unspecified atom stereocenters. The van der Waals surface area contributed by atoms with Gasteiger partial charge in [-0.15, -0.1) is 20.1 Å². The molecule has 8 aromatic carbocycles. The van der Waals surface area contributed by atoms with E-state index in [0.717, 1.165) is 28.2 Å². The molecule has 0 saturated carbocycles. The number of para-hydroxylation sites is 2. The summed E-state index contributed by atoms with van der Waals surface area (Å²) in [6, 6.07) is 78.8. The highest BCUT2D eigenvalue weighted by atomic mass is 32.1. The zero-order valence-corrected chi connectivity index (χ0v) is 38.5. The Morgan fingerprint density at radius 1 is 0.556 bits per heavy atom. The highest BCUT2D eigenvalue weighted by molar-refractivity contribution is 7.79. The Hall–Kier alpha value is -6.74. The fourth-order valence-corrected chi connectivity index (χ4v) is 22.3. The van der Waals surface area contributed by atoms with Crippen LogP contribution >= 0.6 is 20.1 Å². The van der Waals surface area contributed by atoms with Gasteiger partial charge in [-0.2, -0.15) is 0 Å². The summed E-state index contributed by atoms with van der Waals surface area (Å²) in [5, 5.41) is 12.0. The number of pyridine rings is 1. The molecule has 0 bridgehead atoms. The Labute approximate surface area is 374 Å². The normalized spacial score (nSPS) is 14.9. The first-order valence-electron chi connectivity index (χ1n) is 21.3. The maximum Gasteiger partial charge on any atom is 0.179 e. The van der Waals surface area contributed by atoms with Crippen LogP contribution in [0.15, 0.2) is 219 Å². The quantitative estimate of drug-likeness (QED) is 0.0912. The fraction of sp³-hybridized carbons (Fsp3) is 0.0182. The van der Waals surface area contributed by atoms with Crippen LogP contribution in [0.25, 0.3) is 42.6 Å². The first-order chi connectivity index (χ1) is 31.0. The zero-order chi connectivity index (χ0) is 42.1. The third kappa shape index (κ3) is 5.74. The van der Waals surface area contributed by atoms with Crippen LogP contribution in [-0.2, 0) is 7.05 Å². The van der Waals surface area contributed by atoms with Crippen molar-refractivity contribution >= 4 is 121 Å². The molecule has 1 aliphatic heterocycles. The minimum absolute atomic E-state index is 0.903. The van der Waals surface area contributed by atoms with Gasteiger partial charge < -0.3 is 4.57 Å². The molecule has 0 spiro atoms. The van der Waals surface area contributed by atoms with Crippen LogP contribution in [0.3, 0.4) is 0 Å². The van der Waals surface area contributed by atoms with Gasteiger partial charge in [-0.05, 0) is 84.8 Å². The second-order valence-electron chi connectivity index (χ2n) is 16.4. The van der Waals surface area contributed by atoms with E-state index < -0.39 is 15.8 Å². The average molecular weight is 877 g/mol. The number of hydrogen-bond acceptors (Lipinski definition) is 4. The predicted molar refractivity (Wildman–Crippen MR) is 276 cm³/mol. The topological polar surface area (TPSA) is 34.0 Å². The number of rotatable bonds is 7. The molecular formula is C55H41N4PSSi2. The van der Waals surface area contributed by atoms with E-state index in [-0.39, 0.29) is 0 Å². The van der Waals surface area contributed by atoms with Crippen LogP contribution in [0.1, 0.15) is 0 Å². The number of aryl methyl sites for hydroxylation is 1. The van der Waals surface area contributed by atoms with Crippen LogP contribution in [0.2, 0.25) is 0 Å². The van der Waals surface area contributed by atoms with Crippen molar-refractivity contribution < 1.29 is 0 Å². The van der Waals surface area contributed by atoms with Gasteiger partial charge in [0.15, 0.2) is 15.8 Å². The van der Waals surface area contributed by atoms with Gasteiger partial charge in [0.05, 0.1) is 11.0 Å². The number of benzene rings is 8. The molecule has 0 radical (unpaired) electrons. The van der Waals surface area contributed by atoms with E-state index in [2.05, 4.69) is 232 Å². The lowest BCUT2D eigenvalue weighted by atomic mass is 10.1. The molecule has 63 heavy (non-hydrogen) atoms. The summed E-state index contributed by atoms with van der Waals surface area (Å²) in [6.45, 7) is 0. The second-order valence-corrected chi connectivity index (χ2v) is 27.1. The van der Waals surface area contributed by atoms with E-state index in [1.807, 2.05) is 23.6 Å². The summed E-state index contributed by atoms with van der Waals surface area (Å²) >= 11 is 1.89. The Morgan fingerprint density at radius 3 is 1.97 bits per heavy atom. The summed E-state index contributed by atoms with van der Waals surface area (Å²) in [6.07, 6.45) is 1.92. The number of thiophene rings is 1. The average Bonchev–Trinajstić information content (AvgIpc) is 3.90. The van der Waals surface area contributed by atoms with Crippen molar-refractivity contribution in [2.24, 2.45) is 7.05 Å². The molecule has 0 fully saturated rings. The van der Waals surface area contributed by atoms with E-state index in [4.69, 9.17) is 9.97 Å². The Bertz CT molecular complexity index is 3470. The van der Waals surface area contributed by atoms with Gasteiger partial charge in [0.2, 0.25) is 0 Å². The van der Waals surface area contributed by atoms with E-state index in [1.54, 1.807) is 0 Å². The first-order valence-corrected chi connectivity index (χ1v) is 28.0. The molecule has 1 aliphatic rings. The summed E-state index contributed by atoms with van der Waals surface area (Å²) in [7, 11) is -0.205. The van der Waals surface area contributed by atoms with Crippen molar-refractivity contribution in [1.29, 1.82) is 0 Å². The molecule has 2 atom stereocenters. The highest BCUT2D eigenvalue weighted by Gasteiger charge is 2.48. The van der Waals surface area contributed by atoms with E-state index in [0.29, 0.717) is 0 Å². The molecule has 3 aromatic heterocycles. The second kappa shape index (κ2) is 15.0. The smallest absolute Gasteiger partial charge is 0.179 e. The summed E-state index contributed by atoms with van der Waals surface area (Å²) in [5.41, 5.74) is 5.59. The highest BCUT2D eigenvalue weighted by Crippen LogP contribution is 2.44. The van der Waals surface area contributed by atoms with Crippen molar-refractivity contribution in [2.75, 3.05) is 4.90 Å². The molecule has 12 rings (SSSR count). The van der Waals surface area contributed by atoms with Crippen molar-refractivity contribution in [3.8, 4) is 11.4 Å². The number of anilines is 3. The maximum atomic E-state index is 5.20. The molecule has 4 nitrogen and oxygen atoms in total. The van der Waals surface area contributed by atoms with Crippen LogP contribution in [0, 0.1) is 0 Å². The SMILES string of the molecule is Cn1c(-c2cccc([Si](c3ccccc3)(c3ccccc3)c3ccc4c(c3)N(c3ccccn3)c3ccc5sc6ccccc6c5c3[Si]4(P)c3ccccc3)c2)nc2ccccc21. The number of fused-ring (bicyclic) bond motifs is 7. The first kappa shape index (κ1) is 38.0. The third-order valence-electron chi connectivity index (χ3n) is 13.1. The molecule has 300 valence electrons. The minimum Gasteiger partial charge on any atom is -0.327 e. The molecular weight excluding hydrogens is 836 g/mol. The molecule has 0 saturated heterocycles. The van der Waals surface area contributed by atoms with Crippen LogP contribution in [-0.4, -0.2) is 30.4 Å². The monoisotopic (exact) mass is 876 g/mol. The van der Waals surface area contributed by atoms with E-state index in [9.17, 15) is 0 Å². The molecule has 0 N–H and O–H groups in total. The lowest BCUT2D eigenvalue weighted by Gasteiger charge is -2.44. The molecule has 11 aromatic rings. The van der Waals surface area contributed by atoms with Crippen LogP contribution in [0.5, 0.6) is 0 Å².